The third kappa shape index (κ3) is 3.86. The molecule has 7 heteroatoms. The first kappa shape index (κ1) is 19.1. The van der Waals surface area contributed by atoms with Crippen molar-refractivity contribution in [3.63, 3.8) is 0 Å². The van der Waals surface area contributed by atoms with Crippen LogP contribution in [0, 0.1) is 0 Å². The highest BCUT2D eigenvalue weighted by atomic mass is 35.5. The van der Waals surface area contributed by atoms with E-state index in [4.69, 9.17) is 28.6 Å². The zero-order valence-corrected chi connectivity index (χ0v) is 16.4. The summed E-state index contributed by atoms with van der Waals surface area (Å²) in [6.45, 7) is 2.05. The van der Waals surface area contributed by atoms with E-state index in [1.165, 1.54) is 18.1 Å². The minimum Gasteiger partial charge on any atom is -0.495 e. The molecular weight excluding hydrogens is 384 g/mol. The Morgan fingerprint density at radius 2 is 1.89 bits per heavy atom. The number of hydrogen-bond acceptors (Lipinski definition) is 4. The van der Waals surface area contributed by atoms with E-state index >= 15 is 0 Å². The van der Waals surface area contributed by atoms with E-state index in [9.17, 15) is 9.59 Å². The molecule has 0 aromatic heterocycles. The van der Waals surface area contributed by atoms with Gasteiger partial charge in [0.15, 0.2) is 5.11 Å². The minimum absolute atomic E-state index is 0.0237. The van der Waals surface area contributed by atoms with E-state index in [0.29, 0.717) is 22.0 Å². The van der Waals surface area contributed by atoms with Crippen molar-refractivity contribution in [1.29, 1.82) is 0 Å². The first-order chi connectivity index (χ1) is 12.9. The van der Waals surface area contributed by atoms with E-state index in [2.05, 4.69) is 5.32 Å². The molecule has 1 aliphatic heterocycles. The van der Waals surface area contributed by atoms with Crippen LogP contribution >= 0.6 is 23.8 Å². The summed E-state index contributed by atoms with van der Waals surface area (Å²) in [5, 5.41) is 3.01. The second-order valence-corrected chi connectivity index (χ2v) is 6.67. The molecule has 1 aliphatic rings. The summed E-state index contributed by atoms with van der Waals surface area (Å²) in [5.41, 5.74) is 2.32. The predicted octanol–water partition coefficient (Wildman–Crippen LogP) is 3.74. The summed E-state index contributed by atoms with van der Waals surface area (Å²) < 4.78 is 5.12. The maximum absolute atomic E-state index is 13.0. The third-order valence-electron chi connectivity index (χ3n) is 4.19. The number of aryl methyl sites for hydroxylation is 1. The van der Waals surface area contributed by atoms with Gasteiger partial charge in [0, 0.05) is 0 Å². The topological polar surface area (TPSA) is 58.6 Å². The van der Waals surface area contributed by atoms with Crippen LogP contribution < -0.4 is 15.0 Å². The van der Waals surface area contributed by atoms with Gasteiger partial charge in [-0.25, -0.2) is 0 Å². The highest BCUT2D eigenvalue weighted by Crippen LogP contribution is 2.27. The maximum Gasteiger partial charge on any atom is 0.270 e. The van der Waals surface area contributed by atoms with Crippen LogP contribution in [0.15, 0.2) is 48.0 Å². The number of amides is 2. The lowest BCUT2D eigenvalue weighted by molar-refractivity contribution is -0.122. The average molecular weight is 401 g/mol. The van der Waals surface area contributed by atoms with Crippen molar-refractivity contribution in [2.75, 3.05) is 12.0 Å². The summed E-state index contributed by atoms with van der Waals surface area (Å²) in [5.74, 6) is -0.518. The Balaban J connectivity index is 1.97. The van der Waals surface area contributed by atoms with Gasteiger partial charge in [-0.15, -0.1) is 0 Å². The maximum atomic E-state index is 13.0. The van der Waals surface area contributed by atoms with Crippen LogP contribution in [-0.2, 0) is 16.0 Å². The van der Waals surface area contributed by atoms with Crippen molar-refractivity contribution in [1.82, 2.24) is 5.32 Å². The summed E-state index contributed by atoms with van der Waals surface area (Å²) in [6, 6.07) is 12.5. The Bertz CT molecular complexity index is 954. The van der Waals surface area contributed by atoms with Crippen LogP contribution in [0.1, 0.15) is 18.1 Å². The third-order valence-corrected chi connectivity index (χ3v) is 4.77. The number of halogens is 1. The van der Waals surface area contributed by atoms with E-state index in [1.54, 1.807) is 18.2 Å². The molecule has 0 bridgehead atoms. The molecule has 0 radical (unpaired) electrons. The SMILES string of the molecule is CCc1ccc(N2C(=O)/C(=C\c3ccc(OC)c(Cl)c3)C(=O)NC2=S)cc1. The largest absolute Gasteiger partial charge is 0.495 e. The molecule has 0 aliphatic carbocycles. The van der Waals surface area contributed by atoms with Gasteiger partial charge in [0.05, 0.1) is 17.8 Å². The number of nitrogens with one attached hydrogen (secondary N) is 1. The zero-order valence-electron chi connectivity index (χ0n) is 14.8. The second-order valence-electron chi connectivity index (χ2n) is 5.87. The second kappa shape index (κ2) is 7.90. The van der Waals surface area contributed by atoms with Crippen LogP contribution in [-0.4, -0.2) is 24.0 Å². The summed E-state index contributed by atoms with van der Waals surface area (Å²) >= 11 is 11.3. The fraction of sp³-hybridized carbons (Fsp3) is 0.150. The molecule has 5 nitrogen and oxygen atoms in total. The monoisotopic (exact) mass is 400 g/mol. The standard InChI is InChI=1S/C20H17ClN2O3S/c1-3-12-4-7-14(8-5-12)23-19(25)15(18(24)22-20(23)27)10-13-6-9-17(26-2)16(21)11-13/h4-11H,3H2,1-2H3,(H,22,24,27)/b15-10-. The van der Waals surface area contributed by atoms with Crippen LogP contribution in [0.25, 0.3) is 6.08 Å². The van der Waals surface area contributed by atoms with Crippen molar-refractivity contribution >= 4 is 52.5 Å². The zero-order chi connectivity index (χ0) is 19.6. The van der Waals surface area contributed by atoms with E-state index in [1.807, 2.05) is 31.2 Å². The molecular formula is C20H17ClN2O3S. The molecule has 2 amide bonds. The van der Waals surface area contributed by atoms with Crippen LogP contribution in [0.5, 0.6) is 5.75 Å². The number of carbonyl (C=O) groups excluding carboxylic acids is 2. The molecule has 0 unspecified atom stereocenters. The van der Waals surface area contributed by atoms with Crippen molar-refractivity contribution in [2.24, 2.45) is 0 Å². The number of rotatable bonds is 4. The van der Waals surface area contributed by atoms with Gasteiger partial charge in [-0.2, -0.15) is 0 Å². The van der Waals surface area contributed by atoms with Gasteiger partial charge in [-0.1, -0.05) is 36.7 Å². The van der Waals surface area contributed by atoms with Gasteiger partial charge >= 0.3 is 0 Å². The number of benzene rings is 2. The number of methoxy groups -OCH3 is 1. The summed E-state index contributed by atoms with van der Waals surface area (Å²) in [7, 11) is 1.51. The smallest absolute Gasteiger partial charge is 0.270 e. The molecule has 0 saturated carbocycles. The molecule has 1 saturated heterocycles. The molecule has 0 atom stereocenters. The van der Waals surface area contributed by atoms with Gasteiger partial charge in [0.25, 0.3) is 11.8 Å². The van der Waals surface area contributed by atoms with Crippen molar-refractivity contribution in [2.45, 2.75) is 13.3 Å². The molecule has 2 aromatic carbocycles. The summed E-state index contributed by atoms with van der Waals surface area (Å²) in [6.07, 6.45) is 2.37. The van der Waals surface area contributed by atoms with Crippen molar-refractivity contribution < 1.29 is 14.3 Å². The first-order valence-electron chi connectivity index (χ1n) is 8.28. The number of hydrogen-bond donors (Lipinski definition) is 1. The number of nitrogens with zero attached hydrogens (tertiary/aromatic N) is 1. The average Bonchev–Trinajstić information content (AvgIpc) is 2.65. The molecule has 1 fully saturated rings. The lowest BCUT2D eigenvalue weighted by atomic mass is 10.1. The van der Waals surface area contributed by atoms with Crippen LogP contribution in [0.3, 0.4) is 0 Å². The molecule has 1 N–H and O–H groups in total. The quantitative estimate of drug-likeness (QED) is 0.482. The lowest BCUT2D eigenvalue weighted by Crippen LogP contribution is -2.54. The number of thiocarbonyl (C=S) groups is 1. The number of carbonyl (C=O) groups is 2. The normalized spacial score (nSPS) is 15.9. The Morgan fingerprint density at radius 3 is 2.48 bits per heavy atom. The Kier molecular flexibility index (Phi) is 5.58. The minimum atomic E-state index is -0.543. The van der Waals surface area contributed by atoms with Gasteiger partial charge in [-0.05, 0) is 60.1 Å². The van der Waals surface area contributed by atoms with E-state index in [-0.39, 0.29) is 10.7 Å². The summed E-state index contributed by atoms with van der Waals surface area (Å²) in [4.78, 5) is 26.6. The fourth-order valence-corrected chi connectivity index (χ4v) is 3.26. The molecule has 1 heterocycles. The lowest BCUT2D eigenvalue weighted by Gasteiger charge is -2.29. The predicted molar refractivity (Wildman–Crippen MR) is 110 cm³/mol. The fourth-order valence-electron chi connectivity index (χ4n) is 2.71. The van der Waals surface area contributed by atoms with Crippen molar-refractivity contribution in [3.8, 4) is 5.75 Å². The Labute approximate surface area is 167 Å². The van der Waals surface area contributed by atoms with E-state index < -0.39 is 11.8 Å². The van der Waals surface area contributed by atoms with Crippen LogP contribution in [0.2, 0.25) is 5.02 Å². The molecule has 138 valence electrons. The molecule has 27 heavy (non-hydrogen) atoms. The van der Waals surface area contributed by atoms with Gasteiger partial charge in [0.2, 0.25) is 0 Å². The van der Waals surface area contributed by atoms with Crippen LogP contribution in [0.4, 0.5) is 5.69 Å². The number of anilines is 1. The molecule has 3 rings (SSSR count). The van der Waals surface area contributed by atoms with E-state index in [0.717, 1.165) is 12.0 Å². The van der Waals surface area contributed by atoms with Crippen molar-refractivity contribution in [3.05, 3.63) is 64.2 Å². The number of ether oxygens (including phenoxy) is 1. The van der Waals surface area contributed by atoms with Gasteiger partial charge in [-0.3, -0.25) is 19.8 Å². The molecule has 2 aromatic rings. The highest BCUT2D eigenvalue weighted by molar-refractivity contribution is 7.80. The molecule has 0 spiro atoms. The van der Waals surface area contributed by atoms with Gasteiger partial charge < -0.3 is 4.74 Å². The Hall–Kier alpha value is -2.70. The first-order valence-corrected chi connectivity index (χ1v) is 9.07. The van der Waals surface area contributed by atoms with Gasteiger partial charge in [0.1, 0.15) is 11.3 Å². The Morgan fingerprint density at radius 1 is 1.19 bits per heavy atom. The highest BCUT2D eigenvalue weighted by Gasteiger charge is 2.34.